The summed E-state index contributed by atoms with van der Waals surface area (Å²) in [6.45, 7) is 3.33. The standard InChI is InChI=1S/C19H25N5O3/c1-23(2)10-13-11-24(7-8-27-12-13)18(26)15-5-3-14(4-6-15)16-9-17(25)22-19(20)21-16/h3-6,9,13H,7-8,10-12H2,1-2H3,(H3,20,21,22,25)/t13-/m1/s1. The zero-order valence-electron chi connectivity index (χ0n) is 15.6. The van der Waals surface area contributed by atoms with Crippen molar-refractivity contribution in [1.29, 1.82) is 0 Å². The van der Waals surface area contributed by atoms with E-state index in [0.29, 0.717) is 37.6 Å². The minimum Gasteiger partial charge on any atom is -0.379 e. The zero-order valence-corrected chi connectivity index (χ0v) is 15.6. The normalized spacial score (nSPS) is 17.7. The van der Waals surface area contributed by atoms with Crippen molar-refractivity contribution in [2.24, 2.45) is 5.92 Å². The number of carbonyl (C=O) groups excluding carboxylic acids is 1. The summed E-state index contributed by atoms with van der Waals surface area (Å²) in [6.07, 6.45) is 0. The molecule has 1 amide bonds. The Hall–Kier alpha value is -2.71. The molecule has 0 bridgehead atoms. The first-order chi connectivity index (χ1) is 12.9. The minimum absolute atomic E-state index is 0.0193. The SMILES string of the molecule is CN(C)C[C@H]1COCCN(C(=O)c2ccc(-c3cc(=O)[nH]c(N)n3)cc2)C1. The Morgan fingerprint density at radius 2 is 2.11 bits per heavy atom. The summed E-state index contributed by atoms with van der Waals surface area (Å²) < 4.78 is 5.65. The molecule has 2 heterocycles. The fourth-order valence-corrected chi connectivity index (χ4v) is 3.28. The maximum Gasteiger partial charge on any atom is 0.253 e. The van der Waals surface area contributed by atoms with E-state index in [1.54, 1.807) is 24.3 Å². The van der Waals surface area contributed by atoms with Gasteiger partial charge in [-0.1, -0.05) is 12.1 Å². The summed E-state index contributed by atoms with van der Waals surface area (Å²) in [5, 5.41) is 0. The van der Waals surface area contributed by atoms with Crippen molar-refractivity contribution in [3.63, 3.8) is 0 Å². The number of nitrogen functional groups attached to an aromatic ring is 1. The highest BCUT2D eigenvalue weighted by molar-refractivity contribution is 5.94. The minimum atomic E-state index is -0.311. The number of hydrogen-bond donors (Lipinski definition) is 2. The first-order valence-corrected chi connectivity index (χ1v) is 8.91. The van der Waals surface area contributed by atoms with Crippen molar-refractivity contribution in [2.75, 3.05) is 52.7 Å². The fraction of sp³-hybridized carbons (Fsp3) is 0.421. The smallest absolute Gasteiger partial charge is 0.253 e. The average molecular weight is 371 g/mol. The van der Waals surface area contributed by atoms with Gasteiger partial charge in [-0.15, -0.1) is 0 Å². The molecule has 0 aliphatic carbocycles. The average Bonchev–Trinajstić information content (AvgIpc) is 2.85. The van der Waals surface area contributed by atoms with Gasteiger partial charge in [-0.2, -0.15) is 0 Å². The number of ether oxygens (including phenoxy) is 1. The highest BCUT2D eigenvalue weighted by atomic mass is 16.5. The van der Waals surface area contributed by atoms with Crippen molar-refractivity contribution in [2.45, 2.75) is 0 Å². The lowest BCUT2D eigenvalue weighted by molar-refractivity contribution is 0.0735. The Labute approximate surface area is 158 Å². The molecule has 0 unspecified atom stereocenters. The topological polar surface area (TPSA) is 105 Å². The molecular formula is C19H25N5O3. The van der Waals surface area contributed by atoms with Gasteiger partial charge in [0.25, 0.3) is 11.5 Å². The van der Waals surface area contributed by atoms with E-state index >= 15 is 0 Å². The van der Waals surface area contributed by atoms with E-state index < -0.39 is 0 Å². The number of rotatable bonds is 4. The maximum absolute atomic E-state index is 12.9. The number of aromatic nitrogens is 2. The largest absolute Gasteiger partial charge is 0.379 e. The molecule has 0 spiro atoms. The monoisotopic (exact) mass is 371 g/mol. The number of H-pyrrole nitrogens is 1. The van der Waals surface area contributed by atoms with Crippen LogP contribution in [0.4, 0.5) is 5.95 Å². The molecule has 8 heteroatoms. The summed E-state index contributed by atoms with van der Waals surface area (Å²) in [5.74, 6) is 0.331. The zero-order chi connectivity index (χ0) is 19.4. The van der Waals surface area contributed by atoms with Crippen LogP contribution in [-0.2, 0) is 4.74 Å². The Morgan fingerprint density at radius 1 is 1.37 bits per heavy atom. The molecule has 1 aliphatic rings. The fourth-order valence-electron chi connectivity index (χ4n) is 3.28. The molecule has 27 heavy (non-hydrogen) atoms. The molecule has 1 aromatic heterocycles. The number of amides is 1. The van der Waals surface area contributed by atoms with E-state index in [2.05, 4.69) is 14.9 Å². The third-order valence-corrected chi connectivity index (χ3v) is 4.44. The number of aromatic amines is 1. The van der Waals surface area contributed by atoms with Gasteiger partial charge >= 0.3 is 0 Å². The summed E-state index contributed by atoms with van der Waals surface area (Å²) in [6, 6.07) is 8.44. The lowest BCUT2D eigenvalue weighted by Crippen LogP contribution is -2.38. The van der Waals surface area contributed by atoms with Gasteiger partial charge < -0.3 is 20.3 Å². The van der Waals surface area contributed by atoms with Gasteiger partial charge in [0.05, 0.1) is 18.9 Å². The molecule has 1 atom stereocenters. The summed E-state index contributed by atoms with van der Waals surface area (Å²) in [7, 11) is 4.04. The van der Waals surface area contributed by atoms with E-state index in [-0.39, 0.29) is 23.3 Å². The number of carbonyl (C=O) groups is 1. The van der Waals surface area contributed by atoms with Gasteiger partial charge in [-0.3, -0.25) is 14.6 Å². The lowest BCUT2D eigenvalue weighted by atomic mass is 10.1. The van der Waals surface area contributed by atoms with Gasteiger partial charge in [0.2, 0.25) is 5.95 Å². The van der Waals surface area contributed by atoms with Crippen LogP contribution in [-0.4, -0.2) is 72.6 Å². The Balaban J connectivity index is 1.75. The van der Waals surface area contributed by atoms with Gasteiger partial charge in [-0.25, -0.2) is 4.98 Å². The molecule has 0 saturated carbocycles. The second-order valence-corrected chi connectivity index (χ2v) is 7.05. The van der Waals surface area contributed by atoms with Crippen molar-refractivity contribution in [3.05, 3.63) is 46.2 Å². The second-order valence-electron chi connectivity index (χ2n) is 7.05. The van der Waals surface area contributed by atoms with Gasteiger partial charge in [0, 0.05) is 42.7 Å². The van der Waals surface area contributed by atoms with Crippen molar-refractivity contribution in [3.8, 4) is 11.3 Å². The number of nitrogens with two attached hydrogens (primary N) is 1. The van der Waals surface area contributed by atoms with E-state index in [1.807, 2.05) is 19.0 Å². The Bertz CT molecular complexity index is 847. The number of hydrogen-bond acceptors (Lipinski definition) is 6. The Morgan fingerprint density at radius 3 is 2.78 bits per heavy atom. The van der Waals surface area contributed by atoms with E-state index in [1.165, 1.54) is 6.07 Å². The molecular weight excluding hydrogens is 346 g/mol. The predicted octanol–water partition coefficient (Wildman–Crippen LogP) is 0.669. The van der Waals surface area contributed by atoms with Gasteiger partial charge in [0.15, 0.2) is 0 Å². The predicted molar refractivity (Wildman–Crippen MR) is 103 cm³/mol. The van der Waals surface area contributed by atoms with E-state index in [0.717, 1.165) is 12.1 Å². The summed E-state index contributed by atoms with van der Waals surface area (Å²) in [4.78, 5) is 35.0. The third-order valence-electron chi connectivity index (χ3n) is 4.44. The van der Waals surface area contributed by atoms with Crippen LogP contribution in [0.15, 0.2) is 35.1 Å². The van der Waals surface area contributed by atoms with Gasteiger partial charge in [0.1, 0.15) is 0 Å². The quantitative estimate of drug-likeness (QED) is 0.819. The molecule has 3 rings (SSSR count). The number of nitrogens with one attached hydrogen (secondary N) is 1. The number of anilines is 1. The molecule has 1 saturated heterocycles. The van der Waals surface area contributed by atoms with Crippen LogP contribution in [0.3, 0.4) is 0 Å². The molecule has 0 radical (unpaired) electrons. The lowest BCUT2D eigenvalue weighted by Gasteiger charge is -2.25. The first-order valence-electron chi connectivity index (χ1n) is 8.91. The highest BCUT2D eigenvalue weighted by Crippen LogP contribution is 2.18. The number of nitrogens with zero attached hydrogens (tertiary/aromatic N) is 3. The molecule has 3 N–H and O–H groups in total. The highest BCUT2D eigenvalue weighted by Gasteiger charge is 2.23. The molecule has 144 valence electrons. The van der Waals surface area contributed by atoms with Gasteiger partial charge in [-0.05, 0) is 26.2 Å². The van der Waals surface area contributed by atoms with Crippen LogP contribution in [0, 0.1) is 5.92 Å². The molecule has 2 aromatic rings. The van der Waals surface area contributed by atoms with Crippen LogP contribution >= 0.6 is 0 Å². The van der Waals surface area contributed by atoms with Crippen molar-refractivity contribution < 1.29 is 9.53 Å². The number of benzene rings is 1. The van der Waals surface area contributed by atoms with Crippen LogP contribution in [0.5, 0.6) is 0 Å². The van der Waals surface area contributed by atoms with Crippen LogP contribution in [0.25, 0.3) is 11.3 Å². The van der Waals surface area contributed by atoms with Crippen LogP contribution < -0.4 is 11.3 Å². The van der Waals surface area contributed by atoms with E-state index in [4.69, 9.17) is 10.5 Å². The summed E-state index contributed by atoms with van der Waals surface area (Å²) >= 11 is 0. The maximum atomic E-state index is 12.9. The van der Waals surface area contributed by atoms with Crippen LogP contribution in [0.2, 0.25) is 0 Å². The van der Waals surface area contributed by atoms with Crippen molar-refractivity contribution >= 4 is 11.9 Å². The molecule has 8 nitrogen and oxygen atoms in total. The second kappa shape index (κ2) is 8.32. The Kier molecular flexibility index (Phi) is 5.88. The summed E-state index contributed by atoms with van der Waals surface area (Å²) in [5.41, 5.74) is 7.09. The van der Waals surface area contributed by atoms with E-state index in [9.17, 15) is 9.59 Å². The molecule has 1 aromatic carbocycles. The third kappa shape index (κ3) is 4.93. The molecule has 1 aliphatic heterocycles. The van der Waals surface area contributed by atoms with Crippen molar-refractivity contribution in [1.82, 2.24) is 19.8 Å². The first kappa shape index (κ1) is 19.1. The molecule has 1 fully saturated rings. The van der Waals surface area contributed by atoms with Crippen LogP contribution in [0.1, 0.15) is 10.4 Å².